The summed E-state index contributed by atoms with van der Waals surface area (Å²) >= 11 is 1.57. The number of aromatic nitrogens is 1. The van der Waals surface area contributed by atoms with Crippen LogP contribution >= 0.6 is 11.3 Å². The molecule has 0 saturated carbocycles. The highest BCUT2D eigenvalue weighted by molar-refractivity contribution is 7.13. The Labute approximate surface area is 109 Å². The van der Waals surface area contributed by atoms with Crippen LogP contribution in [0.15, 0.2) is 35.7 Å². The smallest absolute Gasteiger partial charge is 0.315 e. The molecule has 0 N–H and O–H groups in total. The number of rotatable bonds is 2. The first-order valence-corrected chi connectivity index (χ1v) is 6.83. The molecule has 1 saturated heterocycles. The summed E-state index contributed by atoms with van der Waals surface area (Å²) in [6.45, 7) is 1.92. The highest BCUT2D eigenvalue weighted by Crippen LogP contribution is 2.33. The molecule has 2 heterocycles. The minimum atomic E-state index is -0.186. The molecule has 18 heavy (non-hydrogen) atoms. The molecular formula is C14H13NO2S. The molecule has 3 rings (SSSR count). The predicted octanol–water partition coefficient (Wildman–Crippen LogP) is 3.23. The molecule has 1 aromatic carbocycles. The fraction of sp³-hybridized carbons (Fsp3) is 0.286. The van der Waals surface area contributed by atoms with Crippen LogP contribution in [-0.2, 0) is 9.53 Å². The van der Waals surface area contributed by atoms with Gasteiger partial charge in [0, 0.05) is 17.4 Å². The standard InChI is InChI=1S/C14H13NO2S/c1-9-7-11(14(16)17-9)12-8-18-13(15-12)10-5-3-2-4-6-10/h2-6,8-9,11H,7H2,1H3. The van der Waals surface area contributed by atoms with Gasteiger partial charge in [-0.2, -0.15) is 0 Å². The maximum absolute atomic E-state index is 11.7. The number of benzene rings is 1. The summed E-state index contributed by atoms with van der Waals surface area (Å²) in [4.78, 5) is 16.2. The maximum Gasteiger partial charge on any atom is 0.315 e. The summed E-state index contributed by atoms with van der Waals surface area (Å²) < 4.78 is 5.17. The molecule has 0 radical (unpaired) electrons. The second-order valence-electron chi connectivity index (χ2n) is 4.48. The number of thiazole rings is 1. The van der Waals surface area contributed by atoms with Crippen LogP contribution in [-0.4, -0.2) is 17.1 Å². The van der Waals surface area contributed by atoms with Crippen LogP contribution in [0.4, 0.5) is 0 Å². The number of esters is 1. The number of nitrogens with zero attached hydrogens (tertiary/aromatic N) is 1. The topological polar surface area (TPSA) is 39.2 Å². The molecule has 2 atom stereocenters. The van der Waals surface area contributed by atoms with Crippen molar-refractivity contribution in [3.63, 3.8) is 0 Å². The van der Waals surface area contributed by atoms with Crippen LogP contribution in [0, 0.1) is 0 Å². The molecule has 1 aromatic heterocycles. The van der Waals surface area contributed by atoms with Crippen molar-refractivity contribution in [1.82, 2.24) is 4.98 Å². The molecule has 0 aliphatic carbocycles. The summed E-state index contributed by atoms with van der Waals surface area (Å²) in [5, 5.41) is 2.92. The zero-order valence-corrected chi connectivity index (χ0v) is 10.8. The highest BCUT2D eigenvalue weighted by Gasteiger charge is 2.34. The third kappa shape index (κ3) is 2.04. The first kappa shape index (κ1) is 11.4. The van der Waals surface area contributed by atoms with E-state index in [0.717, 1.165) is 22.7 Å². The van der Waals surface area contributed by atoms with Crippen molar-refractivity contribution in [3.8, 4) is 10.6 Å². The lowest BCUT2D eigenvalue weighted by atomic mass is 10.0. The number of hydrogen-bond acceptors (Lipinski definition) is 4. The molecule has 3 nitrogen and oxygen atoms in total. The largest absolute Gasteiger partial charge is 0.462 e. The molecule has 92 valence electrons. The van der Waals surface area contributed by atoms with E-state index in [1.807, 2.05) is 42.6 Å². The van der Waals surface area contributed by atoms with E-state index in [2.05, 4.69) is 4.98 Å². The fourth-order valence-electron chi connectivity index (χ4n) is 2.16. The molecule has 1 aliphatic rings. The Bertz CT molecular complexity index is 564. The van der Waals surface area contributed by atoms with Crippen molar-refractivity contribution in [2.24, 2.45) is 0 Å². The van der Waals surface area contributed by atoms with Gasteiger partial charge in [0.1, 0.15) is 17.0 Å². The molecule has 2 unspecified atom stereocenters. The van der Waals surface area contributed by atoms with Crippen molar-refractivity contribution >= 4 is 17.3 Å². The van der Waals surface area contributed by atoms with Gasteiger partial charge >= 0.3 is 5.97 Å². The van der Waals surface area contributed by atoms with E-state index in [9.17, 15) is 4.79 Å². The van der Waals surface area contributed by atoms with Crippen molar-refractivity contribution < 1.29 is 9.53 Å². The van der Waals surface area contributed by atoms with Gasteiger partial charge in [-0.25, -0.2) is 4.98 Å². The summed E-state index contributed by atoms with van der Waals surface area (Å²) in [5.41, 5.74) is 1.93. The SMILES string of the molecule is CC1CC(c2csc(-c3ccccc3)n2)C(=O)O1. The minimum absolute atomic E-state index is 0.00405. The Balaban J connectivity index is 1.88. The molecular weight excluding hydrogens is 246 g/mol. The van der Waals surface area contributed by atoms with Crippen molar-refractivity contribution in [2.45, 2.75) is 25.4 Å². The Kier molecular flexibility index (Phi) is 2.88. The predicted molar refractivity (Wildman–Crippen MR) is 70.5 cm³/mol. The van der Waals surface area contributed by atoms with Crippen LogP contribution in [0.2, 0.25) is 0 Å². The van der Waals surface area contributed by atoms with Crippen LogP contribution in [0.5, 0.6) is 0 Å². The van der Waals surface area contributed by atoms with E-state index in [1.165, 1.54) is 0 Å². The van der Waals surface area contributed by atoms with Gasteiger partial charge in [-0.1, -0.05) is 30.3 Å². The van der Waals surface area contributed by atoms with Crippen molar-refractivity contribution in [2.75, 3.05) is 0 Å². The second kappa shape index (κ2) is 4.53. The van der Waals surface area contributed by atoms with Gasteiger partial charge < -0.3 is 4.74 Å². The van der Waals surface area contributed by atoms with E-state index in [1.54, 1.807) is 11.3 Å². The third-order valence-electron chi connectivity index (χ3n) is 3.07. The van der Waals surface area contributed by atoms with Crippen LogP contribution in [0.3, 0.4) is 0 Å². The number of carbonyl (C=O) groups is 1. The normalized spacial score (nSPS) is 23.1. The van der Waals surface area contributed by atoms with Gasteiger partial charge in [-0.3, -0.25) is 4.79 Å². The average Bonchev–Trinajstić information content (AvgIpc) is 2.97. The monoisotopic (exact) mass is 259 g/mol. The van der Waals surface area contributed by atoms with Crippen LogP contribution < -0.4 is 0 Å². The quantitative estimate of drug-likeness (QED) is 0.777. The highest BCUT2D eigenvalue weighted by atomic mass is 32.1. The molecule has 2 aromatic rings. The van der Waals surface area contributed by atoms with Gasteiger partial charge in [0.15, 0.2) is 0 Å². The average molecular weight is 259 g/mol. The minimum Gasteiger partial charge on any atom is -0.462 e. The van der Waals surface area contributed by atoms with E-state index < -0.39 is 0 Å². The first-order valence-electron chi connectivity index (χ1n) is 5.95. The maximum atomic E-state index is 11.7. The van der Waals surface area contributed by atoms with E-state index in [-0.39, 0.29) is 18.0 Å². The molecule has 0 amide bonds. The Morgan fingerprint density at radius 2 is 2.11 bits per heavy atom. The molecule has 1 fully saturated rings. The van der Waals surface area contributed by atoms with Gasteiger partial charge in [-0.05, 0) is 6.92 Å². The van der Waals surface area contributed by atoms with Gasteiger partial charge in [-0.15, -0.1) is 11.3 Å². The Morgan fingerprint density at radius 3 is 2.78 bits per heavy atom. The number of ether oxygens (including phenoxy) is 1. The van der Waals surface area contributed by atoms with E-state index in [4.69, 9.17) is 4.74 Å². The summed E-state index contributed by atoms with van der Waals surface area (Å²) in [7, 11) is 0. The molecule has 0 spiro atoms. The second-order valence-corrected chi connectivity index (χ2v) is 5.34. The zero-order chi connectivity index (χ0) is 12.5. The number of hydrogen-bond donors (Lipinski definition) is 0. The van der Waals surface area contributed by atoms with Gasteiger partial charge in [0.25, 0.3) is 0 Å². The van der Waals surface area contributed by atoms with Gasteiger partial charge in [0.05, 0.1) is 5.69 Å². The van der Waals surface area contributed by atoms with Crippen molar-refractivity contribution in [3.05, 3.63) is 41.4 Å². The molecule has 4 heteroatoms. The Hall–Kier alpha value is -1.68. The van der Waals surface area contributed by atoms with Crippen LogP contribution in [0.25, 0.3) is 10.6 Å². The summed E-state index contributed by atoms with van der Waals surface area (Å²) in [6, 6.07) is 10.0. The lowest BCUT2D eigenvalue weighted by Gasteiger charge is -1.99. The van der Waals surface area contributed by atoms with Crippen molar-refractivity contribution in [1.29, 1.82) is 0 Å². The van der Waals surface area contributed by atoms with Gasteiger partial charge in [0.2, 0.25) is 0 Å². The number of carbonyl (C=O) groups excluding carboxylic acids is 1. The lowest BCUT2D eigenvalue weighted by Crippen LogP contribution is -2.05. The number of cyclic esters (lactones) is 1. The zero-order valence-electron chi connectivity index (χ0n) is 10.00. The third-order valence-corrected chi connectivity index (χ3v) is 3.98. The van der Waals surface area contributed by atoms with Crippen LogP contribution in [0.1, 0.15) is 25.0 Å². The Morgan fingerprint density at radius 1 is 1.33 bits per heavy atom. The first-order chi connectivity index (χ1) is 8.74. The summed E-state index contributed by atoms with van der Waals surface area (Å²) in [5.74, 6) is -0.332. The summed E-state index contributed by atoms with van der Waals surface area (Å²) in [6.07, 6.45) is 0.737. The van der Waals surface area contributed by atoms with E-state index in [0.29, 0.717) is 0 Å². The molecule has 1 aliphatic heterocycles. The lowest BCUT2D eigenvalue weighted by molar-refractivity contribution is -0.142. The fourth-order valence-corrected chi connectivity index (χ4v) is 3.04. The van der Waals surface area contributed by atoms with E-state index >= 15 is 0 Å². The molecule has 0 bridgehead atoms.